The Hall–Kier alpha value is -2.62. The minimum absolute atomic E-state index is 0.176. The zero-order chi connectivity index (χ0) is 18.4. The highest BCUT2D eigenvalue weighted by atomic mass is 16.5. The molecule has 0 heterocycles. The van der Waals surface area contributed by atoms with Crippen molar-refractivity contribution < 1.29 is 19.1 Å². The van der Waals surface area contributed by atoms with Crippen molar-refractivity contribution in [2.45, 2.75) is 47.0 Å². The molecule has 2 rings (SSSR count). The van der Waals surface area contributed by atoms with Crippen molar-refractivity contribution >= 4 is 11.9 Å². The van der Waals surface area contributed by atoms with Gasteiger partial charge in [-0.25, -0.2) is 0 Å². The minimum atomic E-state index is -0.340. The van der Waals surface area contributed by atoms with Crippen LogP contribution in [0.2, 0.25) is 0 Å². The van der Waals surface area contributed by atoms with E-state index < -0.39 is 0 Å². The first kappa shape index (κ1) is 18.7. The highest BCUT2D eigenvalue weighted by Gasteiger charge is 2.11. The second kappa shape index (κ2) is 8.47. The summed E-state index contributed by atoms with van der Waals surface area (Å²) in [5, 5.41) is 0. The maximum Gasteiger partial charge on any atom is 0.311 e. The van der Waals surface area contributed by atoms with Crippen LogP contribution in [0.4, 0.5) is 0 Å². The van der Waals surface area contributed by atoms with E-state index in [9.17, 15) is 9.59 Å². The number of esters is 2. The average Bonchev–Trinajstić information content (AvgIpc) is 2.54. The van der Waals surface area contributed by atoms with E-state index in [4.69, 9.17) is 9.47 Å². The SMILES string of the molecule is Cc1ccc(C)c(OC(=O)CCCC(=O)Oc2cc(C)ccc2C)c1. The van der Waals surface area contributed by atoms with Gasteiger partial charge in [-0.05, 0) is 68.5 Å². The van der Waals surface area contributed by atoms with Crippen molar-refractivity contribution in [1.29, 1.82) is 0 Å². The fraction of sp³-hybridized carbons (Fsp3) is 0.333. The number of hydrogen-bond donors (Lipinski definition) is 0. The zero-order valence-electron chi connectivity index (χ0n) is 15.2. The molecule has 0 bridgehead atoms. The van der Waals surface area contributed by atoms with Crippen LogP contribution in [-0.2, 0) is 9.59 Å². The summed E-state index contributed by atoms with van der Waals surface area (Å²) < 4.78 is 10.7. The van der Waals surface area contributed by atoms with E-state index in [2.05, 4.69) is 0 Å². The van der Waals surface area contributed by atoms with Gasteiger partial charge in [-0.3, -0.25) is 9.59 Å². The van der Waals surface area contributed by atoms with Crippen molar-refractivity contribution in [3.05, 3.63) is 58.7 Å². The first-order valence-electron chi connectivity index (χ1n) is 8.41. The van der Waals surface area contributed by atoms with Crippen LogP contribution in [0.25, 0.3) is 0 Å². The smallest absolute Gasteiger partial charge is 0.311 e. The molecule has 25 heavy (non-hydrogen) atoms. The maximum absolute atomic E-state index is 11.9. The van der Waals surface area contributed by atoms with Gasteiger partial charge in [-0.15, -0.1) is 0 Å². The Morgan fingerprint density at radius 1 is 0.720 bits per heavy atom. The topological polar surface area (TPSA) is 52.6 Å². The number of carbonyl (C=O) groups excluding carboxylic acids is 2. The van der Waals surface area contributed by atoms with Gasteiger partial charge in [0.05, 0.1) is 0 Å². The molecule has 0 radical (unpaired) electrons. The van der Waals surface area contributed by atoms with Crippen molar-refractivity contribution in [3.8, 4) is 11.5 Å². The van der Waals surface area contributed by atoms with Gasteiger partial charge in [0, 0.05) is 12.8 Å². The summed E-state index contributed by atoms with van der Waals surface area (Å²) in [6, 6.07) is 11.4. The average molecular weight is 340 g/mol. The largest absolute Gasteiger partial charge is 0.426 e. The van der Waals surface area contributed by atoms with E-state index in [0.717, 1.165) is 22.3 Å². The summed E-state index contributed by atoms with van der Waals surface area (Å²) in [6.07, 6.45) is 0.748. The lowest BCUT2D eigenvalue weighted by Crippen LogP contribution is -2.12. The van der Waals surface area contributed by atoms with E-state index >= 15 is 0 Å². The van der Waals surface area contributed by atoms with Crippen LogP contribution in [0.5, 0.6) is 11.5 Å². The summed E-state index contributed by atoms with van der Waals surface area (Å²) in [6.45, 7) is 7.67. The molecule has 0 saturated heterocycles. The Morgan fingerprint density at radius 2 is 1.12 bits per heavy atom. The van der Waals surface area contributed by atoms with E-state index in [1.54, 1.807) is 0 Å². The number of aryl methyl sites for hydroxylation is 4. The molecule has 0 unspecified atom stereocenters. The molecule has 132 valence electrons. The van der Waals surface area contributed by atoms with Gasteiger partial charge in [0.1, 0.15) is 11.5 Å². The molecule has 0 aromatic heterocycles. The molecule has 4 heteroatoms. The number of hydrogen-bond acceptors (Lipinski definition) is 4. The molecule has 2 aromatic rings. The van der Waals surface area contributed by atoms with Crippen molar-refractivity contribution in [2.75, 3.05) is 0 Å². The standard InChI is InChI=1S/C21H24O4/c1-14-8-10-16(3)18(12-14)24-20(22)6-5-7-21(23)25-19-13-15(2)9-11-17(19)4/h8-13H,5-7H2,1-4H3. The lowest BCUT2D eigenvalue weighted by Gasteiger charge is -2.09. The van der Waals surface area contributed by atoms with Crippen LogP contribution < -0.4 is 9.47 Å². The van der Waals surface area contributed by atoms with Gasteiger partial charge in [-0.1, -0.05) is 24.3 Å². The molecule has 4 nitrogen and oxygen atoms in total. The van der Waals surface area contributed by atoms with Crippen molar-refractivity contribution in [1.82, 2.24) is 0 Å². The molecule has 0 N–H and O–H groups in total. The number of benzene rings is 2. The number of rotatable bonds is 6. The van der Waals surface area contributed by atoms with Crippen LogP contribution in [0.1, 0.15) is 41.5 Å². The van der Waals surface area contributed by atoms with Crippen LogP contribution in [0.3, 0.4) is 0 Å². The van der Waals surface area contributed by atoms with Crippen LogP contribution in [-0.4, -0.2) is 11.9 Å². The Kier molecular flexibility index (Phi) is 6.34. The van der Waals surface area contributed by atoms with E-state index in [-0.39, 0.29) is 24.8 Å². The molecular formula is C21H24O4. The Balaban J connectivity index is 1.79. The van der Waals surface area contributed by atoms with Crippen LogP contribution >= 0.6 is 0 Å². The van der Waals surface area contributed by atoms with Crippen molar-refractivity contribution in [3.63, 3.8) is 0 Å². The van der Waals surface area contributed by atoms with Crippen molar-refractivity contribution in [2.24, 2.45) is 0 Å². The highest BCUT2D eigenvalue weighted by Crippen LogP contribution is 2.21. The Morgan fingerprint density at radius 3 is 1.52 bits per heavy atom. The van der Waals surface area contributed by atoms with Gasteiger partial charge in [0.2, 0.25) is 0 Å². The summed E-state index contributed by atoms with van der Waals surface area (Å²) in [4.78, 5) is 23.9. The molecular weight excluding hydrogens is 316 g/mol. The Bertz CT molecular complexity index is 712. The maximum atomic E-state index is 11.9. The molecule has 0 saturated carbocycles. The zero-order valence-corrected chi connectivity index (χ0v) is 15.2. The molecule has 0 aliphatic carbocycles. The first-order valence-corrected chi connectivity index (χ1v) is 8.41. The monoisotopic (exact) mass is 340 g/mol. The molecule has 0 fully saturated rings. The number of ether oxygens (including phenoxy) is 2. The molecule has 0 aliphatic rings. The van der Waals surface area contributed by atoms with Gasteiger partial charge >= 0.3 is 11.9 Å². The van der Waals surface area contributed by atoms with Crippen LogP contribution in [0, 0.1) is 27.7 Å². The van der Waals surface area contributed by atoms with E-state index in [1.165, 1.54) is 0 Å². The van der Waals surface area contributed by atoms with Gasteiger partial charge in [0.15, 0.2) is 0 Å². The van der Waals surface area contributed by atoms with E-state index in [1.807, 2.05) is 64.1 Å². The third kappa shape index (κ3) is 5.75. The molecule has 0 aliphatic heterocycles. The van der Waals surface area contributed by atoms with Crippen LogP contribution in [0.15, 0.2) is 36.4 Å². The molecule has 0 atom stereocenters. The van der Waals surface area contributed by atoms with E-state index in [0.29, 0.717) is 17.9 Å². The van der Waals surface area contributed by atoms with Gasteiger partial charge in [-0.2, -0.15) is 0 Å². The summed E-state index contributed by atoms with van der Waals surface area (Å²) in [7, 11) is 0. The normalized spacial score (nSPS) is 10.4. The lowest BCUT2D eigenvalue weighted by molar-refractivity contribution is -0.136. The minimum Gasteiger partial charge on any atom is -0.426 e. The summed E-state index contributed by atoms with van der Waals surface area (Å²) in [5.41, 5.74) is 3.89. The number of carbonyl (C=O) groups is 2. The fourth-order valence-corrected chi connectivity index (χ4v) is 2.36. The second-order valence-corrected chi connectivity index (χ2v) is 6.34. The molecule has 0 spiro atoms. The highest BCUT2D eigenvalue weighted by molar-refractivity contribution is 5.75. The molecule has 2 aromatic carbocycles. The third-order valence-corrected chi connectivity index (χ3v) is 3.90. The predicted molar refractivity (Wildman–Crippen MR) is 97.0 cm³/mol. The second-order valence-electron chi connectivity index (χ2n) is 6.34. The molecule has 0 amide bonds. The summed E-state index contributed by atoms with van der Waals surface area (Å²) in [5.74, 6) is 0.465. The Labute approximate surface area is 148 Å². The lowest BCUT2D eigenvalue weighted by atomic mass is 10.1. The van der Waals surface area contributed by atoms with Gasteiger partial charge < -0.3 is 9.47 Å². The predicted octanol–water partition coefficient (Wildman–Crippen LogP) is 4.60. The quantitative estimate of drug-likeness (QED) is 0.569. The summed E-state index contributed by atoms with van der Waals surface area (Å²) >= 11 is 0. The third-order valence-electron chi connectivity index (χ3n) is 3.90. The fourth-order valence-electron chi connectivity index (χ4n) is 2.36. The van der Waals surface area contributed by atoms with Gasteiger partial charge in [0.25, 0.3) is 0 Å². The first-order chi connectivity index (χ1) is 11.8.